The molecule has 100 valence electrons. The van der Waals surface area contributed by atoms with E-state index in [0.717, 1.165) is 16.6 Å². The summed E-state index contributed by atoms with van der Waals surface area (Å²) in [4.78, 5) is 11.2. The lowest BCUT2D eigenvalue weighted by Gasteiger charge is -2.24. The molecule has 3 nitrogen and oxygen atoms in total. The van der Waals surface area contributed by atoms with Gasteiger partial charge in [-0.15, -0.1) is 0 Å². The van der Waals surface area contributed by atoms with Crippen LogP contribution >= 0.6 is 15.9 Å². The first-order valence-corrected chi connectivity index (χ1v) is 6.89. The highest BCUT2D eigenvalue weighted by Gasteiger charge is 2.31. The van der Waals surface area contributed by atoms with Crippen LogP contribution in [0.3, 0.4) is 0 Å². The molecular formula is C14H19BrO3. The molecule has 0 aliphatic heterocycles. The Hall–Kier alpha value is -1.03. The van der Waals surface area contributed by atoms with Crippen LogP contribution in [0, 0.1) is 5.41 Å². The first-order chi connectivity index (χ1) is 8.48. The maximum absolute atomic E-state index is 11.2. The summed E-state index contributed by atoms with van der Waals surface area (Å²) < 4.78 is 6.54. The summed E-state index contributed by atoms with van der Waals surface area (Å²) in [6.07, 6.45) is 2.05. The van der Waals surface area contributed by atoms with Crippen molar-refractivity contribution in [3.63, 3.8) is 0 Å². The van der Waals surface area contributed by atoms with Crippen molar-refractivity contribution in [1.82, 2.24) is 0 Å². The number of rotatable bonds is 7. The van der Waals surface area contributed by atoms with Crippen molar-refractivity contribution in [1.29, 1.82) is 0 Å². The maximum Gasteiger partial charge on any atom is 0.309 e. The third-order valence-electron chi connectivity index (χ3n) is 3.04. The second kappa shape index (κ2) is 6.78. The van der Waals surface area contributed by atoms with Crippen LogP contribution in [-0.4, -0.2) is 17.7 Å². The van der Waals surface area contributed by atoms with E-state index in [2.05, 4.69) is 15.9 Å². The normalized spacial score (nSPS) is 13.9. The Morgan fingerprint density at radius 1 is 1.44 bits per heavy atom. The van der Waals surface area contributed by atoms with Crippen LogP contribution in [0.2, 0.25) is 0 Å². The van der Waals surface area contributed by atoms with Gasteiger partial charge in [0, 0.05) is 4.47 Å². The average Bonchev–Trinajstić information content (AvgIpc) is 2.29. The monoisotopic (exact) mass is 314 g/mol. The van der Waals surface area contributed by atoms with Crippen molar-refractivity contribution in [2.24, 2.45) is 5.41 Å². The van der Waals surface area contributed by atoms with Crippen molar-refractivity contribution in [2.45, 2.75) is 33.1 Å². The fourth-order valence-corrected chi connectivity index (χ4v) is 2.22. The van der Waals surface area contributed by atoms with E-state index in [4.69, 9.17) is 4.74 Å². The third-order valence-corrected chi connectivity index (χ3v) is 3.53. The van der Waals surface area contributed by atoms with E-state index in [0.29, 0.717) is 19.4 Å². The third kappa shape index (κ3) is 4.33. The van der Waals surface area contributed by atoms with E-state index < -0.39 is 11.4 Å². The molecule has 18 heavy (non-hydrogen) atoms. The number of hydrogen-bond acceptors (Lipinski definition) is 2. The number of carboxylic acids is 1. The number of carboxylic acid groups (broad SMARTS) is 1. The first kappa shape index (κ1) is 15.0. The smallest absolute Gasteiger partial charge is 0.309 e. The van der Waals surface area contributed by atoms with Gasteiger partial charge < -0.3 is 9.84 Å². The molecule has 1 atom stereocenters. The molecule has 1 rings (SSSR count). The minimum absolute atomic E-state index is 0.416. The zero-order valence-electron chi connectivity index (χ0n) is 10.8. The van der Waals surface area contributed by atoms with E-state index in [1.165, 1.54) is 0 Å². The van der Waals surface area contributed by atoms with Gasteiger partial charge in [0.05, 0.1) is 12.0 Å². The molecule has 1 N–H and O–H groups in total. The molecule has 0 aliphatic carbocycles. The fraction of sp³-hybridized carbons (Fsp3) is 0.500. The van der Waals surface area contributed by atoms with Crippen LogP contribution in [0.5, 0.6) is 5.75 Å². The average molecular weight is 315 g/mol. The number of aliphatic carboxylic acids is 1. The molecule has 0 heterocycles. The van der Waals surface area contributed by atoms with Gasteiger partial charge in [0.25, 0.3) is 0 Å². The fourth-order valence-electron chi connectivity index (χ4n) is 1.84. The molecule has 0 saturated carbocycles. The molecular weight excluding hydrogens is 296 g/mol. The van der Waals surface area contributed by atoms with E-state index in [-0.39, 0.29) is 0 Å². The Morgan fingerprint density at radius 3 is 2.72 bits per heavy atom. The van der Waals surface area contributed by atoms with Crippen molar-refractivity contribution in [3.8, 4) is 5.75 Å². The lowest BCUT2D eigenvalue weighted by Crippen LogP contribution is -2.29. The van der Waals surface area contributed by atoms with Gasteiger partial charge in [-0.25, -0.2) is 0 Å². The summed E-state index contributed by atoms with van der Waals surface area (Å²) in [7, 11) is 0. The molecule has 0 spiro atoms. The quantitative estimate of drug-likeness (QED) is 0.823. The van der Waals surface area contributed by atoms with Gasteiger partial charge in [-0.3, -0.25) is 4.79 Å². The molecule has 4 heteroatoms. The number of carbonyl (C=O) groups is 1. The molecule has 0 aromatic heterocycles. The van der Waals surface area contributed by atoms with Gasteiger partial charge in [0.15, 0.2) is 0 Å². The highest BCUT2D eigenvalue weighted by molar-refractivity contribution is 9.10. The van der Waals surface area contributed by atoms with Crippen LogP contribution in [-0.2, 0) is 4.79 Å². The van der Waals surface area contributed by atoms with Gasteiger partial charge in [-0.05, 0) is 38.0 Å². The van der Waals surface area contributed by atoms with Crippen molar-refractivity contribution < 1.29 is 14.6 Å². The topological polar surface area (TPSA) is 46.5 Å². The Labute approximate surface area is 116 Å². The number of ether oxygens (including phenoxy) is 1. The van der Waals surface area contributed by atoms with Crippen molar-refractivity contribution in [3.05, 3.63) is 28.7 Å². The maximum atomic E-state index is 11.2. The first-order valence-electron chi connectivity index (χ1n) is 6.10. The van der Waals surface area contributed by atoms with Crippen LogP contribution in [0.15, 0.2) is 28.7 Å². The summed E-state index contributed by atoms with van der Waals surface area (Å²) >= 11 is 3.37. The van der Waals surface area contributed by atoms with Gasteiger partial charge >= 0.3 is 5.97 Å². The lowest BCUT2D eigenvalue weighted by molar-refractivity contribution is -0.149. The summed E-state index contributed by atoms with van der Waals surface area (Å²) in [5.41, 5.74) is -0.694. The molecule has 0 aliphatic rings. The Kier molecular flexibility index (Phi) is 5.66. The molecule has 1 aromatic rings. The van der Waals surface area contributed by atoms with Crippen LogP contribution in [0.4, 0.5) is 0 Å². The van der Waals surface area contributed by atoms with Gasteiger partial charge in [0.1, 0.15) is 5.75 Å². The molecule has 0 bridgehead atoms. The van der Waals surface area contributed by atoms with Crippen molar-refractivity contribution in [2.75, 3.05) is 6.61 Å². The van der Waals surface area contributed by atoms with Gasteiger partial charge in [-0.2, -0.15) is 0 Å². The minimum Gasteiger partial charge on any atom is -0.494 e. The zero-order valence-corrected chi connectivity index (χ0v) is 12.4. The number of hydrogen-bond donors (Lipinski definition) is 1. The molecule has 0 radical (unpaired) electrons. The van der Waals surface area contributed by atoms with Crippen LogP contribution in [0.25, 0.3) is 0 Å². The summed E-state index contributed by atoms with van der Waals surface area (Å²) in [6.45, 7) is 4.19. The molecule has 0 amide bonds. The van der Waals surface area contributed by atoms with E-state index in [1.54, 1.807) is 6.92 Å². The standard InChI is InChI=1S/C14H19BrO3/c1-3-7-14(2,13(16)17)8-9-18-12-6-4-5-11(15)10-12/h4-6,10H,3,7-9H2,1-2H3,(H,16,17). The molecule has 1 aromatic carbocycles. The molecule has 1 unspecified atom stereocenters. The predicted octanol–water partition coefficient (Wildman–Crippen LogP) is 4.11. The number of halogens is 1. The van der Waals surface area contributed by atoms with E-state index in [1.807, 2.05) is 31.2 Å². The number of benzene rings is 1. The lowest BCUT2D eigenvalue weighted by atomic mass is 9.83. The van der Waals surface area contributed by atoms with E-state index in [9.17, 15) is 9.90 Å². The Bertz CT molecular complexity index is 406. The van der Waals surface area contributed by atoms with Crippen molar-refractivity contribution >= 4 is 21.9 Å². The highest BCUT2D eigenvalue weighted by Crippen LogP contribution is 2.28. The summed E-state index contributed by atoms with van der Waals surface area (Å²) in [6, 6.07) is 7.55. The van der Waals surface area contributed by atoms with Crippen LogP contribution in [0.1, 0.15) is 33.1 Å². The zero-order chi connectivity index (χ0) is 13.6. The molecule has 0 saturated heterocycles. The highest BCUT2D eigenvalue weighted by atomic mass is 79.9. The minimum atomic E-state index is -0.748. The van der Waals surface area contributed by atoms with E-state index >= 15 is 0 Å². The largest absolute Gasteiger partial charge is 0.494 e. The Balaban J connectivity index is 2.51. The SMILES string of the molecule is CCCC(C)(CCOc1cccc(Br)c1)C(=O)O. The van der Waals surface area contributed by atoms with Gasteiger partial charge in [0.2, 0.25) is 0 Å². The Morgan fingerprint density at radius 2 is 2.17 bits per heavy atom. The molecule has 0 fully saturated rings. The van der Waals surface area contributed by atoms with Gasteiger partial charge in [-0.1, -0.05) is 35.3 Å². The predicted molar refractivity (Wildman–Crippen MR) is 74.9 cm³/mol. The summed E-state index contributed by atoms with van der Waals surface area (Å²) in [5, 5.41) is 9.24. The summed E-state index contributed by atoms with van der Waals surface area (Å²) in [5.74, 6) is 0.0100. The second-order valence-electron chi connectivity index (χ2n) is 4.67. The second-order valence-corrected chi connectivity index (χ2v) is 5.59. The van der Waals surface area contributed by atoms with Crippen LogP contribution < -0.4 is 4.74 Å².